The molecule has 0 N–H and O–H groups in total. The minimum Gasteiger partial charge on any atom is -0.496 e. The fourth-order valence-electron chi connectivity index (χ4n) is 3.58. The zero-order chi connectivity index (χ0) is 22.8. The van der Waals surface area contributed by atoms with Crippen molar-refractivity contribution in [2.75, 3.05) is 7.11 Å². The molecule has 5 heteroatoms. The minimum atomic E-state index is -0.546. The number of para-hydroxylation sites is 1. The topological polar surface area (TPSA) is 61.8 Å². The van der Waals surface area contributed by atoms with E-state index in [0.717, 1.165) is 5.56 Å². The predicted octanol–water partition coefficient (Wildman–Crippen LogP) is 5.96. The molecule has 0 fully saturated rings. The number of fused-ring (bicyclic) bond motifs is 1. The summed E-state index contributed by atoms with van der Waals surface area (Å²) in [5.41, 5.74) is 3.46. The molecule has 0 spiro atoms. The van der Waals surface area contributed by atoms with E-state index >= 15 is 0 Å². The summed E-state index contributed by atoms with van der Waals surface area (Å²) in [5, 5.41) is 0. The molecule has 0 aliphatic carbocycles. The third-order valence-electron chi connectivity index (χ3n) is 5.47. The number of hydrogen-bond acceptors (Lipinski definition) is 5. The van der Waals surface area contributed by atoms with Crippen molar-refractivity contribution in [1.82, 2.24) is 0 Å². The van der Waals surface area contributed by atoms with E-state index in [1.54, 1.807) is 49.4 Å². The Morgan fingerprint density at radius 1 is 0.969 bits per heavy atom. The van der Waals surface area contributed by atoms with Crippen LogP contribution in [0.25, 0.3) is 6.08 Å². The smallest absolute Gasteiger partial charge is 0.347 e. The van der Waals surface area contributed by atoms with Gasteiger partial charge in [0.1, 0.15) is 22.8 Å². The molecule has 1 heterocycles. The highest BCUT2D eigenvalue weighted by Crippen LogP contribution is 2.39. The summed E-state index contributed by atoms with van der Waals surface area (Å²) in [6.07, 6.45) is 1.73. The van der Waals surface area contributed by atoms with Crippen molar-refractivity contribution in [3.8, 4) is 17.2 Å². The molecule has 1 aliphatic heterocycles. The van der Waals surface area contributed by atoms with E-state index in [4.69, 9.17) is 14.2 Å². The van der Waals surface area contributed by atoms with Crippen LogP contribution in [0.15, 0.2) is 66.4 Å². The number of esters is 1. The summed E-state index contributed by atoms with van der Waals surface area (Å²) in [5.74, 6) is 1.10. The number of ketones is 1. The Hall–Kier alpha value is -3.86. The number of rotatable bonds is 5. The fourth-order valence-corrected chi connectivity index (χ4v) is 3.58. The molecule has 32 heavy (non-hydrogen) atoms. The molecule has 1 aliphatic rings. The van der Waals surface area contributed by atoms with Gasteiger partial charge in [-0.25, -0.2) is 4.79 Å². The van der Waals surface area contributed by atoms with E-state index in [1.165, 1.54) is 12.7 Å². The zero-order valence-corrected chi connectivity index (χ0v) is 18.5. The molecule has 0 aromatic heterocycles. The molecule has 0 amide bonds. The molecule has 0 saturated heterocycles. The molecule has 0 saturated carbocycles. The quantitative estimate of drug-likeness (QED) is 0.285. The van der Waals surface area contributed by atoms with Crippen molar-refractivity contribution in [2.24, 2.45) is 0 Å². The summed E-state index contributed by atoms with van der Waals surface area (Å²) in [6.45, 7) is 6.03. The van der Waals surface area contributed by atoms with Gasteiger partial charge >= 0.3 is 5.97 Å². The van der Waals surface area contributed by atoms with Crippen LogP contribution in [0.2, 0.25) is 0 Å². The fraction of sp³-hybridized carbons (Fsp3) is 0.185. The van der Waals surface area contributed by atoms with Crippen LogP contribution in [0, 0.1) is 6.92 Å². The van der Waals surface area contributed by atoms with Gasteiger partial charge in [-0.1, -0.05) is 50.2 Å². The molecule has 3 aromatic rings. The van der Waals surface area contributed by atoms with Gasteiger partial charge in [-0.05, 0) is 54.3 Å². The molecule has 0 atom stereocenters. The zero-order valence-electron chi connectivity index (χ0n) is 18.5. The van der Waals surface area contributed by atoms with Crippen LogP contribution in [0.1, 0.15) is 57.2 Å². The number of carbonyl (C=O) groups is 2. The molecular weight excluding hydrogens is 404 g/mol. The van der Waals surface area contributed by atoms with Gasteiger partial charge in [-0.3, -0.25) is 4.79 Å². The van der Waals surface area contributed by atoms with Crippen molar-refractivity contribution in [3.63, 3.8) is 0 Å². The second-order valence-electron chi connectivity index (χ2n) is 7.92. The van der Waals surface area contributed by atoms with E-state index in [-0.39, 0.29) is 11.5 Å². The Balaban J connectivity index is 1.59. The van der Waals surface area contributed by atoms with E-state index in [2.05, 4.69) is 13.8 Å². The Bertz CT molecular complexity index is 1220. The lowest BCUT2D eigenvalue weighted by Gasteiger charge is -2.11. The van der Waals surface area contributed by atoms with Gasteiger partial charge < -0.3 is 14.2 Å². The highest BCUT2D eigenvalue weighted by Gasteiger charge is 2.30. The normalized spacial score (nSPS) is 13.8. The Kier molecular flexibility index (Phi) is 5.82. The van der Waals surface area contributed by atoms with Gasteiger partial charge in [-0.15, -0.1) is 0 Å². The Morgan fingerprint density at radius 3 is 2.38 bits per heavy atom. The Labute approximate surface area is 187 Å². The molecule has 3 aromatic carbocycles. The van der Waals surface area contributed by atoms with Crippen LogP contribution >= 0.6 is 0 Å². The lowest BCUT2D eigenvalue weighted by atomic mass is 10.0. The van der Waals surface area contributed by atoms with Crippen molar-refractivity contribution in [2.45, 2.75) is 26.7 Å². The van der Waals surface area contributed by atoms with Gasteiger partial charge in [0.05, 0.1) is 12.7 Å². The predicted molar refractivity (Wildman–Crippen MR) is 123 cm³/mol. The van der Waals surface area contributed by atoms with Gasteiger partial charge in [0.2, 0.25) is 5.78 Å². The molecule has 0 unspecified atom stereocenters. The van der Waals surface area contributed by atoms with Gasteiger partial charge in [-0.2, -0.15) is 0 Å². The largest absolute Gasteiger partial charge is 0.496 e. The first-order valence-corrected chi connectivity index (χ1v) is 10.4. The summed E-state index contributed by atoms with van der Waals surface area (Å²) in [4.78, 5) is 25.5. The summed E-state index contributed by atoms with van der Waals surface area (Å²) >= 11 is 0. The lowest BCUT2D eigenvalue weighted by Crippen LogP contribution is -2.11. The summed E-state index contributed by atoms with van der Waals surface area (Å²) < 4.78 is 16.7. The Morgan fingerprint density at radius 2 is 1.69 bits per heavy atom. The second kappa shape index (κ2) is 8.71. The van der Waals surface area contributed by atoms with E-state index in [9.17, 15) is 9.59 Å². The van der Waals surface area contributed by atoms with Gasteiger partial charge in [0, 0.05) is 5.56 Å². The number of ether oxygens (including phenoxy) is 3. The number of carbonyl (C=O) groups excluding carboxylic acids is 2. The average Bonchev–Trinajstić information content (AvgIpc) is 3.12. The summed E-state index contributed by atoms with van der Waals surface area (Å²) in [7, 11) is 1.50. The maximum absolute atomic E-state index is 12.8. The molecular formula is C27H24O5. The monoisotopic (exact) mass is 428 g/mol. The molecule has 5 nitrogen and oxygen atoms in total. The second-order valence-corrected chi connectivity index (χ2v) is 7.92. The SMILES string of the molecule is COc1ccccc1C(=O)Oc1ccc2c(c1C)O/C(=C\c1ccc(C(C)C)cc1)C2=O. The van der Waals surface area contributed by atoms with Crippen molar-refractivity contribution in [3.05, 3.63) is 94.2 Å². The van der Waals surface area contributed by atoms with Crippen molar-refractivity contribution in [1.29, 1.82) is 0 Å². The molecule has 4 rings (SSSR count). The van der Waals surface area contributed by atoms with Gasteiger partial charge in [0.15, 0.2) is 5.76 Å². The molecule has 162 valence electrons. The first-order valence-electron chi connectivity index (χ1n) is 10.4. The maximum atomic E-state index is 12.8. The molecule has 0 radical (unpaired) electrons. The third-order valence-corrected chi connectivity index (χ3v) is 5.47. The first kappa shape index (κ1) is 21.4. The number of Topliss-reactive ketones (excluding diaryl/α,β-unsaturated/α-hetero) is 1. The van der Waals surface area contributed by atoms with Crippen molar-refractivity contribution >= 4 is 17.8 Å². The number of hydrogen-bond donors (Lipinski definition) is 0. The van der Waals surface area contributed by atoms with Crippen LogP contribution < -0.4 is 14.2 Å². The van der Waals surface area contributed by atoms with E-state index in [1.807, 2.05) is 24.3 Å². The first-order chi connectivity index (χ1) is 15.4. The van der Waals surface area contributed by atoms with Gasteiger partial charge in [0.25, 0.3) is 0 Å². The van der Waals surface area contributed by atoms with Crippen LogP contribution in [0.3, 0.4) is 0 Å². The number of benzene rings is 3. The number of allylic oxidation sites excluding steroid dienone is 1. The molecule has 0 bridgehead atoms. The van der Waals surface area contributed by atoms with E-state index in [0.29, 0.717) is 39.9 Å². The third kappa shape index (κ3) is 4.02. The maximum Gasteiger partial charge on any atom is 0.347 e. The van der Waals surface area contributed by atoms with Crippen LogP contribution in [0.4, 0.5) is 0 Å². The summed E-state index contributed by atoms with van der Waals surface area (Å²) in [6, 6.07) is 18.1. The minimum absolute atomic E-state index is 0.196. The highest BCUT2D eigenvalue weighted by atomic mass is 16.5. The standard InChI is InChI=1S/C27H24O5/c1-16(2)19-11-9-18(10-12-19)15-24-25(28)21-13-14-22(17(3)26(21)31-24)32-27(29)20-7-5-6-8-23(20)30-4/h5-16H,1-4H3/b24-15-. The number of methoxy groups -OCH3 is 1. The van der Waals surface area contributed by atoms with Crippen LogP contribution in [-0.4, -0.2) is 18.9 Å². The van der Waals surface area contributed by atoms with Crippen LogP contribution in [-0.2, 0) is 0 Å². The highest BCUT2D eigenvalue weighted by molar-refractivity contribution is 6.15. The lowest BCUT2D eigenvalue weighted by molar-refractivity contribution is 0.0729. The average molecular weight is 428 g/mol. The van der Waals surface area contributed by atoms with E-state index < -0.39 is 5.97 Å². The van der Waals surface area contributed by atoms with Crippen LogP contribution in [0.5, 0.6) is 17.2 Å². The van der Waals surface area contributed by atoms with Crippen molar-refractivity contribution < 1.29 is 23.8 Å².